The van der Waals surface area contributed by atoms with Crippen LogP contribution in [-0.2, 0) is 9.53 Å². The maximum Gasteiger partial charge on any atom is 0.220 e. The second-order valence-electron chi connectivity index (χ2n) is 4.38. The third-order valence-corrected chi connectivity index (χ3v) is 3.05. The summed E-state index contributed by atoms with van der Waals surface area (Å²) in [5.74, 6) is 0.0232. The first-order chi connectivity index (χ1) is 7.76. The predicted octanol–water partition coefficient (Wildman–Crippen LogP) is 1.22. The van der Waals surface area contributed by atoms with Crippen LogP contribution >= 0.6 is 0 Å². The Bertz CT molecular complexity index is 198. The monoisotopic (exact) mass is 229 g/mol. The van der Waals surface area contributed by atoms with E-state index in [4.69, 9.17) is 9.84 Å². The Morgan fingerprint density at radius 1 is 1.56 bits per heavy atom. The van der Waals surface area contributed by atoms with Crippen LogP contribution in [0.4, 0.5) is 0 Å². The molecule has 0 aromatic carbocycles. The molecular formula is C12H23NO3. The average molecular weight is 229 g/mol. The number of ether oxygens (including phenoxy) is 1. The van der Waals surface area contributed by atoms with Crippen LogP contribution in [0.15, 0.2) is 0 Å². The molecule has 94 valence electrons. The van der Waals surface area contributed by atoms with Crippen LogP contribution in [0.25, 0.3) is 0 Å². The minimum Gasteiger partial charge on any atom is -0.394 e. The topological polar surface area (TPSA) is 58.6 Å². The van der Waals surface area contributed by atoms with Gasteiger partial charge in [0, 0.05) is 13.0 Å². The third kappa shape index (κ3) is 4.94. The summed E-state index contributed by atoms with van der Waals surface area (Å²) in [6.07, 6.45) is 5.75. The van der Waals surface area contributed by atoms with Gasteiger partial charge < -0.3 is 15.2 Å². The molecule has 1 aliphatic rings. The molecule has 4 nitrogen and oxygen atoms in total. The Balaban J connectivity index is 2.13. The highest BCUT2D eigenvalue weighted by molar-refractivity contribution is 5.76. The van der Waals surface area contributed by atoms with Crippen LogP contribution in [0.2, 0.25) is 0 Å². The fourth-order valence-corrected chi connectivity index (χ4v) is 1.90. The van der Waals surface area contributed by atoms with E-state index < -0.39 is 0 Å². The Morgan fingerprint density at radius 2 is 2.38 bits per heavy atom. The van der Waals surface area contributed by atoms with Crippen molar-refractivity contribution in [3.05, 3.63) is 0 Å². The van der Waals surface area contributed by atoms with Crippen molar-refractivity contribution in [3.8, 4) is 0 Å². The number of carbonyl (C=O) groups excluding carboxylic acids is 1. The molecule has 0 aliphatic carbocycles. The number of aliphatic hydroxyl groups is 1. The van der Waals surface area contributed by atoms with Crippen molar-refractivity contribution in [2.45, 2.75) is 57.6 Å². The van der Waals surface area contributed by atoms with Gasteiger partial charge in [-0.15, -0.1) is 0 Å². The van der Waals surface area contributed by atoms with Crippen molar-refractivity contribution in [1.29, 1.82) is 0 Å². The maximum atomic E-state index is 11.5. The van der Waals surface area contributed by atoms with E-state index in [9.17, 15) is 4.79 Å². The van der Waals surface area contributed by atoms with Gasteiger partial charge in [-0.05, 0) is 32.1 Å². The Hall–Kier alpha value is -0.610. The smallest absolute Gasteiger partial charge is 0.220 e. The van der Waals surface area contributed by atoms with Gasteiger partial charge in [0.05, 0.1) is 18.8 Å². The van der Waals surface area contributed by atoms with Gasteiger partial charge in [0.15, 0.2) is 0 Å². The standard InChI is InChI=1S/C12H23NO3/c1-2-10(9-14)13-12(15)7-6-11-5-3-4-8-16-11/h10-11,14H,2-9H2,1H3,(H,13,15)/t10-,11?/m1/s1. The minimum atomic E-state index is -0.0974. The minimum absolute atomic E-state index is 0.0160. The number of hydrogen-bond donors (Lipinski definition) is 2. The molecule has 1 amide bonds. The first kappa shape index (κ1) is 13.5. The zero-order valence-electron chi connectivity index (χ0n) is 10.1. The molecule has 4 heteroatoms. The lowest BCUT2D eigenvalue weighted by molar-refractivity contribution is -0.123. The molecule has 1 unspecified atom stereocenters. The Morgan fingerprint density at radius 3 is 2.94 bits per heavy atom. The van der Waals surface area contributed by atoms with E-state index in [0.29, 0.717) is 6.42 Å². The van der Waals surface area contributed by atoms with E-state index in [1.165, 1.54) is 6.42 Å². The molecule has 0 aromatic heterocycles. The number of aliphatic hydroxyl groups excluding tert-OH is 1. The lowest BCUT2D eigenvalue weighted by atomic mass is 10.0. The van der Waals surface area contributed by atoms with Gasteiger partial charge in [-0.2, -0.15) is 0 Å². The Labute approximate surface area is 97.4 Å². The summed E-state index contributed by atoms with van der Waals surface area (Å²) in [6, 6.07) is -0.0974. The maximum absolute atomic E-state index is 11.5. The summed E-state index contributed by atoms with van der Waals surface area (Å²) in [7, 11) is 0. The van der Waals surface area contributed by atoms with Crippen molar-refractivity contribution in [2.75, 3.05) is 13.2 Å². The quantitative estimate of drug-likeness (QED) is 0.720. The van der Waals surface area contributed by atoms with Crippen LogP contribution in [0.1, 0.15) is 45.4 Å². The molecule has 1 aliphatic heterocycles. The zero-order valence-corrected chi connectivity index (χ0v) is 10.1. The van der Waals surface area contributed by atoms with Crippen molar-refractivity contribution in [1.82, 2.24) is 5.32 Å². The summed E-state index contributed by atoms with van der Waals surface area (Å²) in [5.41, 5.74) is 0. The number of amides is 1. The number of hydrogen-bond acceptors (Lipinski definition) is 3. The predicted molar refractivity (Wildman–Crippen MR) is 62.1 cm³/mol. The van der Waals surface area contributed by atoms with Crippen LogP contribution in [0.5, 0.6) is 0 Å². The largest absolute Gasteiger partial charge is 0.394 e. The molecule has 16 heavy (non-hydrogen) atoms. The summed E-state index contributed by atoms with van der Waals surface area (Å²) in [6.45, 7) is 2.80. The molecule has 2 atom stereocenters. The van der Waals surface area contributed by atoms with Crippen molar-refractivity contribution in [2.24, 2.45) is 0 Å². The van der Waals surface area contributed by atoms with Crippen molar-refractivity contribution >= 4 is 5.91 Å². The lowest BCUT2D eigenvalue weighted by Crippen LogP contribution is -2.37. The molecule has 0 radical (unpaired) electrons. The first-order valence-electron chi connectivity index (χ1n) is 6.28. The number of nitrogens with one attached hydrogen (secondary N) is 1. The van der Waals surface area contributed by atoms with E-state index >= 15 is 0 Å². The average Bonchev–Trinajstić information content (AvgIpc) is 2.34. The summed E-state index contributed by atoms with van der Waals surface area (Å²) in [4.78, 5) is 11.5. The molecule has 0 bridgehead atoms. The molecule has 0 aromatic rings. The lowest BCUT2D eigenvalue weighted by Gasteiger charge is -2.22. The number of carbonyl (C=O) groups is 1. The van der Waals surface area contributed by atoms with Crippen LogP contribution in [-0.4, -0.2) is 36.4 Å². The molecule has 1 heterocycles. The first-order valence-corrected chi connectivity index (χ1v) is 6.28. The molecule has 0 spiro atoms. The van der Waals surface area contributed by atoms with E-state index in [1.54, 1.807) is 0 Å². The highest BCUT2D eigenvalue weighted by atomic mass is 16.5. The summed E-state index contributed by atoms with van der Waals surface area (Å²) >= 11 is 0. The van der Waals surface area contributed by atoms with Gasteiger partial charge in [0.2, 0.25) is 5.91 Å². The normalized spacial score (nSPS) is 22.8. The second kappa shape index (κ2) is 7.63. The highest BCUT2D eigenvalue weighted by Crippen LogP contribution is 2.16. The van der Waals surface area contributed by atoms with Gasteiger partial charge in [-0.3, -0.25) is 4.79 Å². The van der Waals surface area contributed by atoms with E-state index in [1.807, 2.05) is 6.92 Å². The summed E-state index contributed by atoms with van der Waals surface area (Å²) < 4.78 is 5.56. The van der Waals surface area contributed by atoms with Gasteiger partial charge in [0.25, 0.3) is 0 Å². The van der Waals surface area contributed by atoms with E-state index in [-0.39, 0.29) is 24.7 Å². The van der Waals surface area contributed by atoms with Gasteiger partial charge in [0.1, 0.15) is 0 Å². The molecule has 1 saturated heterocycles. The Kier molecular flexibility index (Phi) is 6.42. The zero-order chi connectivity index (χ0) is 11.8. The van der Waals surface area contributed by atoms with Gasteiger partial charge >= 0.3 is 0 Å². The van der Waals surface area contributed by atoms with Crippen molar-refractivity contribution in [3.63, 3.8) is 0 Å². The highest BCUT2D eigenvalue weighted by Gasteiger charge is 2.16. The second-order valence-corrected chi connectivity index (χ2v) is 4.38. The molecule has 1 rings (SSSR count). The summed E-state index contributed by atoms with van der Waals surface area (Å²) in [5, 5.41) is 11.8. The van der Waals surface area contributed by atoms with E-state index in [0.717, 1.165) is 32.3 Å². The molecule has 2 N–H and O–H groups in total. The SMILES string of the molecule is CC[C@H](CO)NC(=O)CCC1CCCCO1. The van der Waals surface area contributed by atoms with Gasteiger partial charge in [-0.25, -0.2) is 0 Å². The molecule has 1 fully saturated rings. The molecular weight excluding hydrogens is 206 g/mol. The third-order valence-electron chi connectivity index (χ3n) is 3.05. The van der Waals surface area contributed by atoms with Gasteiger partial charge in [-0.1, -0.05) is 6.92 Å². The van der Waals surface area contributed by atoms with Crippen LogP contribution < -0.4 is 5.32 Å². The van der Waals surface area contributed by atoms with Crippen LogP contribution in [0, 0.1) is 0 Å². The fourth-order valence-electron chi connectivity index (χ4n) is 1.90. The fraction of sp³-hybridized carbons (Fsp3) is 0.917. The molecule has 0 saturated carbocycles. The van der Waals surface area contributed by atoms with Crippen molar-refractivity contribution < 1.29 is 14.6 Å². The van der Waals surface area contributed by atoms with E-state index in [2.05, 4.69) is 5.32 Å². The number of rotatable bonds is 6. The van der Waals surface area contributed by atoms with Crippen LogP contribution in [0.3, 0.4) is 0 Å².